The molecular formula is C14H20O. The lowest BCUT2D eigenvalue weighted by Crippen LogP contribution is -2.06. The second kappa shape index (κ2) is 5.20. The summed E-state index contributed by atoms with van der Waals surface area (Å²) >= 11 is 0. The number of hydrogen-bond acceptors (Lipinski definition) is 1. The van der Waals surface area contributed by atoms with Crippen LogP contribution in [0.3, 0.4) is 0 Å². The fourth-order valence-corrected chi connectivity index (χ4v) is 2.21. The van der Waals surface area contributed by atoms with Gasteiger partial charge in [-0.15, -0.1) is 0 Å². The second-order valence-electron chi connectivity index (χ2n) is 4.30. The quantitative estimate of drug-likeness (QED) is 0.679. The van der Waals surface area contributed by atoms with Gasteiger partial charge in [-0.1, -0.05) is 25.5 Å². The summed E-state index contributed by atoms with van der Waals surface area (Å²) in [7, 11) is 0. The van der Waals surface area contributed by atoms with E-state index < -0.39 is 0 Å². The molecule has 1 aliphatic carbocycles. The molecule has 0 fully saturated rings. The van der Waals surface area contributed by atoms with Crippen LogP contribution in [0.2, 0.25) is 0 Å². The molecule has 0 N–H and O–H groups in total. The van der Waals surface area contributed by atoms with Gasteiger partial charge in [0.1, 0.15) is 5.75 Å². The molecule has 0 bridgehead atoms. The van der Waals surface area contributed by atoms with E-state index >= 15 is 0 Å². The largest absolute Gasteiger partial charge is 0.493 e. The van der Waals surface area contributed by atoms with Crippen molar-refractivity contribution in [2.24, 2.45) is 0 Å². The van der Waals surface area contributed by atoms with E-state index in [0.717, 1.165) is 18.8 Å². The Bertz CT molecular complexity index is 317. The van der Waals surface area contributed by atoms with Crippen LogP contribution < -0.4 is 4.74 Å². The first-order valence-electron chi connectivity index (χ1n) is 6.15. The summed E-state index contributed by atoms with van der Waals surface area (Å²) in [6.07, 6.45) is 7.46. The monoisotopic (exact) mass is 204 g/mol. The number of benzene rings is 1. The Hall–Kier alpha value is -0.980. The summed E-state index contributed by atoms with van der Waals surface area (Å²) in [5.74, 6) is 1.14. The van der Waals surface area contributed by atoms with Gasteiger partial charge < -0.3 is 4.74 Å². The highest BCUT2D eigenvalue weighted by molar-refractivity contribution is 5.41. The highest BCUT2D eigenvalue weighted by Crippen LogP contribution is 2.29. The van der Waals surface area contributed by atoms with Crippen molar-refractivity contribution in [1.29, 1.82) is 0 Å². The summed E-state index contributed by atoms with van der Waals surface area (Å²) in [5, 5.41) is 0. The average molecular weight is 204 g/mol. The Kier molecular flexibility index (Phi) is 3.65. The van der Waals surface area contributed by atoms with Gasteiger partial charge in [-0.2, -0.15) is 0 Å². The molecule has 0 amide bonds. The lowest BCUT2D eigenvalue weighted by Gasteiger charge is -2.19. The number of fused-ring (bicyclic) bond motifs is 1. The van der Waals surface area contributed by atoms with Crippen LogP contribution in [-0.4, -0.2) is 6.61 Å². The molecule has 1 aromatic carbocycles. The molecule has 2 rings (SSSR count). The molecule has 0 atom stereocenters. The Labute approximate surface area is 92.5 Å². The first kappa shape index (κ1) is 10.5. The average Bonchev–Trinajstić information content (AvgIpc) is 2.30. The highest BCUT2D eigenvalue weighted by atomic mass is 16.5. The molecule has 1 nitrogen and oxygen atoms in total. The summed E-state index contributed by atoms with van der Waals surface area (Å²) in [5.41, 5.74) is 2.98. The predicted octanol–water partition coefficient (Wildman–Crippen LogP) is 3.74. The molecule has 0 aliphatic heterocycles. The molecule has 0 radical (unpaired) electrons. The third kappa shape index (κ3) is 2.53. The lowest BCUT2D eigenvalue weighted by atomic mass is 9.91. The van der Waals surface area contributed by atoms with E-state index in [-0.39, 0.29) is 0 Å². The third-order valence-corrected chi connectivity index (χ3v) is 3.11. The van der Waals surface area contributed by atoms with Gasteiger partial charge in [0.25, 0.3) is 0 Å². The summed E-state index contributed by atoms with van der Waals surface area (Å²) < 4.78 is 5.84. The Morgan fingerprint density at radius 2 is 2.07 bits per heavy atom. The number of aryl methyl sites for hydroxylation is 1. The van der Waals surface area contributed by atoms with Gasteiger partial charge in [0.2, 0.25) is 0 Å². The first-order chi connectivity index (χ1) is 7.42. The maximum absolute atomic E-state index is 5.84. The van der Waals surface area contributed by atoms with Crippen LogP contribution in [0.25, 0.3) is 0 Å². The van der Waals surface area contributed by atoms with E-state index in [1.54, 1.807) is 0 Å². The topological polar surface area (TPSA) is 9.23 Å². The minimum absolute atomic E-state index is 0.868. The van der Waals surface area contributed by atoms with E-state index in [4.69, 9.17) is 4.74 Å². The molecule has 1 aliphatic rings. The van der Waals surface area contributed by atoms with Crippen molar-refractivity contribution in [2.45, 2.75) is 45.4 Å². The zero-order chi connectivity index (χ0) is 10.5. The van der Waals surface area contributed by atoms with Crippen LogP contribution in [0.15, 0.2) is 18.2 Å². The van der Waals surface area contributed by atoms with Crippen LogP contribution in [0, 0.1) is 0 Å². The number of rotatable bonds is 4. The smallest absolute Gasteiger partial charge is 0.122 e. The van der Waals surface area contributed by atoms with Crippen LogP contribution in [0.4, 0.5) is 0 Å². The Balaban J connectivity index is 2.09. The minimum Gasteiger partial charge on any atom is -0.493 e. The van der Waals surface area contributed by atoms with Crippen molar-refractivity contribution in [3.8, 4) is 5.75 Å². The number of ether oxygens (including phenoxy) is 1. The van der Waals surface area contributed by atoms with Crippen LogP contribution in [-0.2, 0) is 12.8 Å². The van der Waals surface area contributed by atoms with E-state index in [2.05, 4.69) is 25.1 Å². The standard InChI is InChI=1S/C14H20O/c1-2-3-11-15-14-10-6-8-12-7-4-5-9-13(12)14/h6,8,10H,2-5,7,9,11H2,1H3. The zero-order valence-corrected chi connectivity index (χ0v) is 9.59. The highest BCUT2D eigenvalue weighted by Gasteiger charge is 2.13. The molecule has 82 valence electrons. The minimum atomic E-state index is 0.868. The molecule has 0 heterocycles. The van der Waals surface area contributed by atoms with Gasteiger partial charge in [-0.3, -0.25) is 0 Å². The molecule has 1 heteroatoms. The SMILES string of the molecule is CCCCOc1cccc2c1CCCC2. The second-order valence-corrected chi connectivity index (χ2v) is 4.30. The van der Waals surface area contributed by atoms with Gasteiger partial charge in [0.05, 0.1) is 6.61 Å². The molecule has 0 saturated heterocycles. The van der Waals surface area contributed by atoms with Crippen molar-refractivity contribution in [3.63, 3.8) is 0 Å². The van der Waals surface area contributed by atoms with Crippen molar-refractivity contribution >= 4 is 0 Å². The van der Waals surface area contributed by atoms with Gasteiger partial charge in [0.15, 0.2) is 0 Å². The maximum atomic E-state index is 5.84. The van der Waals surface area contributed by atoms with Gasteiger partial charge in [-0.05, 0) is 49.3 Å². The van der Waals surface area contributed by atoms with Crippen molar-refractivity contribution in [2.75, 3.05) is 6.61 Å². The van der Waals surface area contributed by atoms with E-state index in [1.165, 1.54) is 43.2 Å². The normalized spacial score (nSPS) is 14.7. The molecule has 15 heavy (non-hydrogen) atoms. The van der Waals surface area contributed by atoms with Crippen LogP contribution in [0.1, 0.15) is 43.7 Å². The van der Waals surface area contributed by atoms with E-state index in [9.17, 15) is 0 Å². The molecule has 0 aromatic heterocycles. The molecular weight excluding hydrogens is 184 g/mol. The van der Waals surface area contributed by atoms with E-state index in [0.29, 0.717) is 0 Å². The number of hydrogen-bond donors (Lipinski definition) is 0. The zero-order valence-electron chi connectivity index (χ0n) is 9.59. The van der Waals surface area contributed by atoms with Gasteiger partial charge in [-0.25, -0.2) is 0 Å². The molecule has 0 unspecified atom stereocenters. The summed E-state index contributed by atoms with van der Waals surface area (Å²) in [6.45, 7) is 3.07. The molecule has 0 spiro atoms. The van der Waals surface area contributed by atoms with Crippen molar-refractivity contribution < 1.29 is 4.74 Å². The third-order valence-electron chi connectivity index (χ3n) is 3.11. The fraction of sp³-hybridized carbons (Fsp3) is 0.571. The fourth-order valence-electron chi connectivity index (χ4n) is 2.21. The van der Waals surface area contributed by atoms with Crippen LogP contribution in [0.5, 0.6) is 5.75 Å². The molecule has 1 aromatic rings. The Morgan fingerprint density at radius 1 is 1.20 bits per heavy atom. The maximum Gasteiger partial charge on any atom is 0.122 e. The number of unbranched alkanes of at least 4 members (excludes halogenated alkanes) is 1. The van der Waals surface area contributed by atoms with Gasteiger partial charge in [0, 0.05) is 0 Å². The van der Waals surface area contributed by atoms with Crippen molar-refractivity contribution in [3.05, 3.63) is 29.3 Å². The van der Waals surface area contributed by atoms with E-state index in [1.807, 2.05) is 0 Å². The van der Waals surface area contributed by atoms with Gasteiger partial charge >= 0.3 is 0 Å². The predicted molar refractivity (Wildman–Crippen MR) is 63.5 cm³/mol. The first-order valence-corrected chi connectivity index (χ1v) is 6.15. The molecule has 0 saturated carbocycles. The summed E-state index contributed by atoms with van der Waals surface area (Å²) in [6, 6.07) is 6.51. The Morgan fingerprint density at radius 3 is 2.93 bits per heavy atom. The summed E-state index contributed by atoms with van der Waals surface area (Å²) in [4.78, 5) is 0. The van der Waals surface area contributed by atoms with Crippen molar-refractivity contribution in [1.82, 2.24) is 0 Å². The lowest BCUT2D eigenvalue weighted by molar-refractivity contribution is 0.305. The van der Waals surface area contributed by atoms with Crippen LogP contribution >= 0.6 is 0 Å².